The molecule has 1 aromatic rings. The molecular formula is C12H17NO4S. The summed E-state index contributed by atoms with van der Waals surface area (Å²) in [6.07, 6.45) is 1.52. The van der Waals surface area contributed by atoms with Crippen LogP contribution in [0.3, 0.4) is 0 Å². The number of hydrogen-bond acceptors (Lipinski definition) is 4. The van der Waals surface area contributed by atoms with Crippen molar-refractivity contribution in [2.24, 2.45) is 0 Å². The monoisotopic (exact) mass is 271 g/mol. The van der Waals surface area contributed by atoms with Gasteiger partial charge < -0.3 is 9.84 Å². The van der Waals surface area contributed by atoms with Gasteiger partial charge in [0.1, 0.15) is 5.75 Å². The molecule has 0 aromatic heterocycles. The second-order valence-electron chi connectivity index (χ2n) is 3.64. The van der Waals surface area contributed by atoms with Crippen LogP contribution in [0.25, 0.3) is 0 Å². The molecule has 5 nitrogen and oxygen atoms in total. The lowest BCUT2D eigenvalue weighted by atomic mass is 10.3. The van der Waals surface area contributed by atoms with Crippen LogP contribution in [-0.2, 0) is 14.8 Å². The van der Waals surface area contributed by atoms with Crippen molar-refractivity contribution in [3.8, 4) is 5.75 Å². The third-order valence-electron chi connectivity index (χ3n) is 2.35. The summed E-state index contributed by atoms with van der Waals surface area (Å²) in [5, 5.41) is 9.16. The van der Waals surface area contributed by atoms with E-state index in [1.165, 1.54) is 41.8 Å². The van der Waals surface area contributed by atoms with Crippen LogP contribution in [0, 0.1) is 0 Å². The van der Waals surface area contributed by atoms with Crippen molar-refractivity contribution in [1.29, 1.82) is 0 Å². The molecule has 1 rings (SSSR count). The van der Waals surface area contributed by atoms with Crippen LogP contribution < -0.4 is 0 Å². The van der Waals surface area contributed by atoms with Crippen LogP contribution in [0.2, 0.25) is 0 Å². The zero-order valence-electron chi connectivity index (χ0n) is 10.2. The molecule has 0 aliphatic heterocycles. The maximum Gasteiger partial charge on any atom is 0.243 e. The number of benzene rings is 1. The highest BCUT2D eigenvalue weighted by molar-refractivity contribution is 7.89. The Morgan fingerprint density at radius 3 is 2.50 bits per heavy atom. The molecule has 0 unspecified atom stereocenters. The maximum absolute atomic E-state index is 12.3. The molecule has 0 heterocycles. The Hall–Kier alpha value is -1.37. The zero-order chi connectivity index (χ0) is 13.6. The molecule has 0 bridgehead atoms. The van der Waals surface area contributed by atoms with Crippen LogP contribution in [0.1, 0.15) is 0 Å². The van der Waals surface area contributed by atoms with Crippen LogP contribution in [0.4, 0.5) is 0 Å². The van der Waals surface area contributed by atoms with E-state index in [-0.39, 0.29) is 23.7 Å². The average molecular weight is 271 g/mol. The number of aromatic hydroxyl groups is 1. The van der Waals surface area contributed by atoms with Crippen molar-refractivity contribution in [3.63, 3.8) is 0 Å². The van der Waals surface area contributed by atoms with Gasteiger partial charge in [-0.1, -0.05) is 6.08 Å². The van der Waals surface area contributed by atoms with E-state index < -0.39 is 10.0 Å². The lowest BCUT2D eigenvalue weighted by molar-refractivity contribution is 0.182. The number of ether oxygens (including phenoxy) is 1. The summed E-state index contributed by atoms with van der Waals surface area (Å²) < 4.78 is 30.7. The lowest BCUT2D eigenvalue weighted by Crippen LogP contribution is -2.34. The highest BCUT2D eigenvalue weighted by Gasteiger charge is 2.22. The van der Waals surface area contributed by atoms with Crippen LogP contribution in [-0.4, -0.2) is 44.6 Å². The van der Waals surface area contributed by atoms with Crippen LogP contribution >= 0.6 is 0 Å². The van der Waals surface area contributed by atoms with Crippen molar-refractivity contribution in [2.45, 2.75) is 4.90 Å². The molecule has 1 aromatic carbocycles. The lowest BCUT2D eigenvalue weighted by Gasteiger charge is -2.20. The molecule has 0 saturated carbocycles. The van der Waals surface area contributed by atoms with Gasteiger partial charge in [0.25, 0.3) is 0 Å². The topological polar surface area (TPSA) is 66.8 Å². The van der Waals surface area contributed by atoms with Gasteiger partial charge in [-0.3, -0.25) is 0 Å². The molecule has 6 heteroatoms. The van der Waals surface area contributed by atoms with Crippen molar-refractivity contribution >= 4 is 10.0 Å². The maximum atomic E-state index is 12.3. The fourth-order valence-corrected chi connectivity index (χ4v) is 2.81. The van der Waals surface area contributed by atoms with E-state index in [1.807, 2.05) is 0 Å². The Morgan fingerprint density at radius 2 is 2.00 bits per heavy atom. The van der Waals surface area contributed by atoms with Gasteiger partial charge in [-0.15, -0.1) is 6.58 Å². The quantitative estimate of drug-likeness (QED) is 0.757. The summed E-state index contributed by atoms with van der Waals surface area (Å²) in [7, 11) is -2.07. The molecule has 100 valence electrons. The van der Waals surface area contributed by atoms with Gasteiger partial charge in [-0.2, -0.15) is 4.31 Å². The molecule has 0 fully saturated rings. The van der Waals surface area contributed by atoms with Gasteiger partial charge in [0, 0.05) is 20.2 Å². The third kappa shape index (κ3) is 3.56. The zero-order valence-corrected chi connectivity index (χ0v) is 11.1. The molecule has 0 aliphatic carbocycles. The minimum Gasteiger partial charge on any atom is -0.508 e. The molecule has 0 radical (unpaired) electrons. The van der Waals surface area contributed by atoms with Crippen molar-refractivity contribution < 1.29 is 18.3 Å². The number of rotatable bonds is 7. The van der Waals surface area contributed by atoms with Gasteiger partial charge in [0.15, 0.2) is 0 Å². The van der Waals surface area contributed by atoms with E-state index in [2.05, 4.69) is 6.58 Å². The molecular weight excluding hydrogens is 254 g/mol. The summed E-state index contributed by atoms with van der Waals surface area (Å²) in [5.74, 6) is 0.0288. The molecule has 0 aliphatic rings. The van der Waals surface area contributed by atoms with E-state index in [4.69, 9.17) is 9.84 Å². The largest absolute Gasteiger partial charge is 0.508 e. The van der Waals surface area contributed by atoms with Crippen LogP contribution in [0.15, 0.2) is 41.8 Å². The summed E-state index contributed by atoms with van der Waals surface area (Å²) in [6.45, 7) is 4.32. The minimum absolute atomic E-state index is 0.0288. The first-order valence-electron chi connectivity index (χ1n) is 5.41. The molecule has 18 heavy (non-hydrogen) atoms. The first-order chi connectivity index (χ1) is 8.52. The second-order valence-corrected chi connectivity index (χ2v) is 5.58. The molecule has 0 saturated heterocycles. The Kier molecular flexibility index (Phi) is 5.33. The number of methoxy groups -OCH3 is 1. The van der Waals surface area contributed by atoms with Gasteiger partial charge in [0.2, 0.25) is 10.0 Å². The standard InChI is InChI=1S/C12H17NO4S/c1-3-8-13(9-10-17-2)18(15,16)12-6-4-11(14)5-7-12/h3-7,14H,1,8-10H2,2H3. The van der Waals surface area contributed by atoms with E-state index in [1.54, 1.807) is 0 Å². The van der Waals surface area contributed by atoms with E-state index in [0.717, 1.165) is 0 Å². The van der Waals surface area contributed by atoms with Crippen LogP contribution in [0.5, 0.6) is 5.75 Å². The molecule has 0 spiro atoms. The smallest absolute Gasteiger partial charge is 0.243 e. The predicted octanol–water partition coefficient (Wildman–Crippen LogP) is 1.22. The number of phenols is 1. The summed E-state index contributed by atoms with van der Waals surface area (Å²) >= 11 is 0. The fraction of sp³-hybridized carbons (Fsp3) is 0.333. The highest BCUT2D eigenvalue weighted by atomic mass is 32.2. The summed E-state index contributed by atoms with van der Waals surface area (Å²) in [4.78, 5) is 0.137. The molecule has 0 amide bonds. The number of hydrogen-bond donors (Lipinski definition) is 1. The average Bonchev–Trinajstić information content (AvgIpc) is 2.35. The predicted molar refractivity (Wildman–Crippen MR) is 68.9 cm³/mol. The van der Waals surface area contributed by atoms with E-state index >= 15 is 0 Å². The Bertz CT molecular complexity index is 481. The first-order valence-corrected chi connectivity index (χ1v) is 6.85. The van der Waals surface area contributed by atoms with Gasteiger partial charge >= 0.3 is 0 Å². The fourth-order valence-electron chi connectivity index (χ4n) is 1.41. The number of phenolic OH excluding ortho intramolecular Hbond substituents is 1. The van der Waals surface area contributed by atoms with Gasteiger partial charge in [-0.25, -0.2) is 8.42 Å². The summed E-state index contributed by atoms with van der Waals surface area (Å²) in [5.41, 5.74) is 0. The van der Waals surface area contributed by atoms with Crippen molar-refractivity contribution in [3.05, 3.63) is 36.9 Å². The second kappa shape index (κ2) is 6.53. The van der Waals surface area contributed by atoms with E-state index in [9.17, 15) is 8.42 Å². The Balaban J connectivity index is 3.00. The third-order valence-corrected chi connectivity index (χ3v) is 4.23. The Morgan fingerprint density at radius 1 is 1.39 bits per heavy atom. The first kappa shape index (κ1) is 14.7. The number of nitrogens with zero attached hydrogens (tertiary/aromatic N) is 1. The van der Waals surface area contributed by atoms with Gasteiger partial charge in [0.05, 0.1) is 11.5 Å². The minimum atomic E-state index is -3.58. The summed E-state index contributed by atoms with van der Waals surface area (Å²) in [6, 6.07) is 5.42. The normalized spacial score (nSPS) is 11.7. The van der Waals surface area contributed by atoms with Gasteiger partial charge in [-0.05, 0) is 24.3 Å². The van der Waals surface area contributed by atoms with Crippen molar-refractivity contribution in [1.82, 2.24) is 4.31 Å². The molecule has 0 atom stereocenters. The SMILES string of the molecule is C=CCN(CCOC)S(=O)(=O)c1ccc(O)cc1. The van der Waals surface area contributed by atoms with Crippen molar-refractivity contribution in [2.75, 3.05) is 26.8 Å². The highest BCUT2D eigenvalue weighted by Crippen LogP contribution is 2.18. The number of sulfonamides is 1. The van der Waals surface area contributed by atoms with E-state index in [0.29, 0.717) is 6.61 Å². The Labute approximate surface area is 107 Å². The molecule has 1 N–H and O–H groups in total.